The van der Waals surface area contributed by atoms with Gasteiger partial charge in [0.05, 0.1) is 5.38 Å². The highest BCUT2D eigenvalue weighted by Crippen LogP contribution is 2.22. The molecule has 0 saturated heterocycles. The predicted octanol–water partition coefficient (Wildman–Crippen LogP) is 3.09. The van der Waals surface area contributed by atoms with Crippen molar-refractivity contribution in [1.29, 1.82) is 0 Å². The first-order valence-corrected chi connectivity index (χ1v) is 4.91. The topological polar surface area (TPSA) is 26.0 Å². The molecule has 2 atom stereocenters. The number of halogens is 2. The monoisotopic (exact) mass is 197 g/mol. The Hall–Kier alpha value is 0.540. The molecule has 11 heavy (non-hydrogen) atoms. The van der Waals surface area contributed by atoms with Crippen LogP contribution in [-0.4, -0.2) is 10.4 Å². The third-order valence-electron chi connectivity index (χ3n) is 1.67. The molecule has 68 valence electrons. The number of unbranched alkanes of at least 4 members (excludes halogenated alkanes) is 2. The first kappa shape index (κ1) is 11.5. The highest BCUT2D eigenvalue weighted by Gasteiger charge is 2.24. The molecule has 0 aliphatic rings. The van der Waals surface area contributed by atoms with Crippen LogP contribution in [0, 0.1) is 0 Å². The van der Waals surface area contributed by atoms with Gasteiger partial charge in [-0.1, -0.05) is 26.2 Å². The fourth-order valence-electron chi connectivity index (χ4n) is 0.856. The van der Waals surface area contributed by atoms with Crippen molar-refractivity contribution in [3.63, 3.8) is 0 Å². The molecule has 1 nitrogen and oxygen atoms in total. The number of nitrogens with two attached hydrogens (primary N) is 1. The molecule has 0 heterocycles. The second-order valence-corrected chi connectivity index (χ2v) is 4.46. The van der Waals surface area contributed by atoms with Crippen molar-refractivity contribution in [3.8, 4) is 0 Å². The summed E-state index contributed by atoms with van der Waals surface area (Å²) >= 11 is 11.7. The standard InChI is InChI=1S/C8H17Cl2N/c1-3-4-5-6-7(9)8(2,10)11/h7H,3-6,11H2,1-2H3. The Morgan fingerprint density at radius 3 is 2.36 bits per heavy atom. The molecule has 0 bridgehead atoms. The van der Waals surface area contributed by atoms with Crippen LogP contribution in [0.5, 0.6) is 0 Å². The zero-order valence-corrected chi connectivity index (χ0v) is 8.75. The van der Waals surface area contributed by atoms with E-state index < -0.39 is 5.00 Å². The molecule has 0 saturated carbocycles. The molecule has 0 amide bonds. The summed E-state index contributed by atoms with van der Waals surface area (Å²) in [6, 6.07) is 0. The van der Waals surface area contributed by atoms with Crippen molar-refractivity contribution in [3.05, 3.63) is 0 Å². The maximum absolute atomic E-state index is 5.94. The zero-order valence-electron chi connectivity index (χ0n) is 7.24. The molecular formula is C8H17Cl2N. The summed E-state index contributed by atoms with van der Waals surface area (Å²) in [7, 11) is 0. The summed E-state index contributed by atoms with van der Waals surface area (Å²) < 4.78 is 0. The lowest BCUT2D eigenvalue weighted by molar-refractivity contribution is 0.543. The predicted molar refractivity (Wildman–Crippen MR) is 52.2 cm³/mol. The van der Waals surface area contributed by atoms with E-state index in [1.165, 1.54) is 12.8 Å². The Bertz CT molecular complexity index is 98.8. The van der Waals surface area contributed by atoms with E-state index in [4.69, 9.17) is 28.9 Å². The van der Waals surface area contributed by atoms with Crippen LogP contribution in [0.4, 0.5) is 0 Å². The largest absolute Gasteiger partial charge is 0.312 e. The maximum atomic E-state index is 5.94. The second kappa shape index (κ2) is 5.23. The smallest absolute Gasteiger partial charge is 0.105 e. The second-order valence-electron chi connectivity index (χ2n) is 3.11. The summed E-state index contributed by atoms with van der Waals surface area (Å²) in [4.78, 5) is -0.755. The van der Waals surface area contributed by atoms with Crippen molar-refractivity contribution in [2.24, 2.45) is 5.73 Å². The van der Waals surface area contributed by atoms with E-state index in [1.807, 2.05) is 0 Å². The highest BCUT2D eigenvalue weighted by molar-refractivity contribution is 6.31. The molecule has 0 aliphatic carbocycles. The Kier molecular flexibility index (Phi) is 5.49. The van der Waals surface area contributed by atoms with Crippen LogP contribution >= 0.6 is 23.2 Å². The summed E-state index contributed by atoms with van der Waals surface area (Å²) in [5, 5.41) is -0.115. The zero-order chi connectivity index (χ0) is 8.91. The number of alkyl halides is 2. The van der Waals surface area contributed by atoms with Crippen LogP contribution < -0.4 is 5.73 Å². The molecule has 2 N–H and O–H groups in total. The summed E-state index contributed by atoms with van der Waals surface area (Å²) in [5.74, 6) is 0. The van der Waals surface area contributed by atoms with Gasteiger partial charge in [0.25, 0.3) is 0 Å². The first-order chi connectivity index (χ1) is 4.98. The van der Waals surface area contributed by atoms with Crippen LogP contribution in [0.2, 0.25) is 0 Å². The molecule has 0 radical (unpaired) electrons. The minimum Gasteiger partial charge on any atom is -0.312 e. The summed E-state index contributed by atoms with van der Waals surface area (Å²) in [6.45, 7) is 3.91. The lowest BCUT2D eigenvalue weighted by atomic mass is 10.1. The van der Waals surface area contributed by atoms with Gasteiger partial charge in [0.1, 0.15) is 5.00 Å². The van der Waals surface area contributed by atoms with Gasteiger partial charge in [0, 0.05) is 0 Å². The highest BCUT2D eigenvalue weighted by atomic mass is 35.5. The SMILES string of the molecule is CCCCCC(Cl)C(C)(N)Cl. The van der Waals surface area contributed by atoms with Crippen molar-refractivity contribution in [2.45, 2.75) is 49.9 Å². The van der Waals surface area contributed by atoms with Crippen LogP contribution in [0.1, 0.15) is 39.5 Å². The van der Waals surface area contributed by atoms with Gasteiger partial charge in [0.15, 0.2) is 0 Å². The molecule has 0 rings (SSSR count). The van der Waals surface area contributed by atoms with Gasteiger partial charge in [-0.2, -0.15) is 0 Å². The van der Waals surface area contributed by atoms with E-state index >= 15 is 0 Å². The van der Waals surface area contributed by atoms with Crippen molar-refractivity contribution < 1.29 is 0 Å². The van der Waals surface area contributed by atoms with E-state index in [9.17, 15) is 0 Å². The lowest BCUT2D eigenvalue weighted by Gasteiger charge is -2.22. The van der Waals surface area contributed by atoms with Gasteiger partial charge < -0.3 is 5.73 Å². The van der Waals surface area contributed by atoms with Gasteiger partial charge in [-0.3, -0.25) is 0 Å². The van der Waals surface area contributed by atoms with E-state index in [2.05, 4.69) is 6.92 Å². The van der Waals surface area contributed by atoms with E-state index in [0.29, 0.717) is 0 Å². The molecule has 0 spiro atoms. The normalized spacial score (nSPS) is 19.4. The van der Waals surface area contributed by atoms with Gasteiger partial charge in [-0.15, -0.1) is 23.2 Å². The lowest BCUT2D eigenvalue weighted by Crippen LogP contribution is -2.39. The molecule has 2 unspecified atom stereocenters. The maximum Gasteiger partial charge on any atom is 0.105 e. The van der Waals surface area contributed by atoms with Crippen LogP contribution in [-0.2, 0) is 0 Å². The molecule has 0 aliphatic heterocycles. The van der Waals surface area contributed by atoms with E-state index in [0.717, 1.165) is 12.8 Å². The fourth-order valence-corrected chi connectivity index (χ4v) is 1.12. The molecule has 3 heteroatoms. The van der Waals surface area contributed by atoms with Gasteiger partial charge in [0.2, 0.25) is 0 Å². The third-order valence-corrected chi connectivity index (χ3v) is 2.72. The molecule has 0 fully saturated rings. The number of hydrogen-bond donors (Lipinski definition) is 1. The Morgan fingerprint density at radius 1 is 1.45 bits per heavy atom. The van der Waals surface area contributed by atoms with Crippen molar-refractivity contribution >= 4 is 23.2 Å². The average Bonchev–Trinajstić information content (AvgIpc) is 1.86. The molecular weight excluding hydrogens is 181 g/mol. The Labute approximate surface area is 79.2 Å². The summed E-state index contributed by atoms with van der Waals surface area (Å²) in [5.41, 5.74) is 5.59. The van der Waals surface area contributed by atoms with Crippen LogP contribution in [0.3, 0.4) is 0 Å². The van der Waals surface area contributed by atoms with Crippen molar-refractivity contribution in [2.75, 3.05) is 0 Å². The third kappa shape index (κ3) is 5.77. The molecule has 0 aromatic rings. The van der Waals surface area contributed by atoms with Gasteiger partial charge in [-0.25, -0.2) is 0 Å². The minimum absolute atomic E-state index is 0.115. The van der Waals surface area contributed by atoms with Crippen molar-refractivity contribution in [1.82, 2.24) is 0 Å². The Balaban J connectivity index is 3.44. The molecule has 0 aromatic carbocycles. The first-order valence-electron chi connectivity index (χ1n) is 4.10. The fraction of sp³-hybridized carbons (Fsp3) is 1.00. The van der Waals surface area contributed by atoms with Crippen LogP contribution in [0.15, 0.2) is 0 Å². The van der Waals surface area contributed by atoms with E-state index in [1.54, 1.807) is 6.92 Å². The average molecular weight is 198 g/mol. The summed E-state index contributed by atoms with van der Waals surface area (Å²) in [6.07, 6.45) is 4.43. The van der Waals surface area contributed by atoms with Gasteiger partial charge in [-0.05, 0) is 13.3 Å². The molecule has 0 aromatic heterocycles. The quantitative estimate of drug-likeness (QED) is 0.410. The minimum atomic E-state index is -0.755. The number of rotatable bonds is 5. The van der Waals surface area contributed by atoms with Gasteiger partial charge >= 0.3 is 0 Å². The van der Waals surface area contributed by atoms with Crippen LogP contribution in [0.25, 0.3) is 0 Å². The van der Waals surface area contributed by atoms with E-state index in [-0.39, 0.29) is 5.38 Å². The number of hydrogen-bond acceptors (Lipinski definition) is 1. The Morgan fingerprint density at radius 2 is 2.00 bits per heavy atom.